The van der Waals surface area contributed by atoms with E-state index < -0.39 is 29.9 Å². The van der Waals surface area contributed by atoms with Gasteiger partial charge >= 0.3 is 12.3 Å². The van der Waals surface area contributed by atoms with Gasteiger partial charge in [0, 0.05) is 16.6 Å². The van der Waals surface area contributed by atoms with Crippen LogP contribution in [-0.4, -0.2) is 33.0 Å². The summed E-state index contributed by atoms with van der Waals surface area (Å²) in [6.07, 6.45) is -4.31. The van der Waals surface area contributed by atoms with Crippen LogP contribution in [0.25, 0.3) is 10.9 Å². The third kappa shape index (κ3) is 4.78. The van der Waals surface area contributed by atoms with Crippen molar-refractivity contribution in [3.63, 3.8) is 0 Å². The number of rotatable bonds is 6. The highest BCUT2D eigenvalue weighted by Gasteiger charge is 2.33. The van der Waals surface area contributed by atoms with Crippen molar-refractivity contribution in [1.29, 1.82) is 0 Å². The molecular weight excluding hydrogens is 463 g/mol. The van der Waals surface area contributed by atoms with Crippen molar-refractivity contribution in [2.45, 2.75) is 39.5 Å². The van der Waals surface area contributed by atoms with Crippen molar-refractivity contribution >= 4 is 34.4 Å². The second-order valence-corrected chi connectivity index (χ2v) is 8.14. The van der Waals surface area contributed by atoms with Crippen molar-refractivity contribution in [2.75, 3.05) is 0 Å². The van der Waals surface area contributed by atoms with Crippen LogP contribution >= 0.6 is 11.6 Å². The Hall–Kier alpha value is -3.20. The Balaban J connectivity index is 2.21. The van der Waals surface area contributed by atoms with E-state index in [-0.39, 0.29) is 27.8 Å². The summed E-state index contributed by atoms with van der Waals surface area (Å²) in [6.45, 7) is 5.20. The molecule has 0 aliphatic carbocycles. The number of carboxylic acids is 1. The van der Waals surface area contributed by atoms with Crippen molar-refractivity contribution in [3.05, 3.63) is 58.2 Å². The number of halogens is 4. The van der Waals surface area contributed by atoms with Gasteiger partial charge in [-0.3, -0.25) is 14.2 Å². The minimum Gasteiger partial charge on any atom is -0.506 e. The molecule has 2 N–H and O–H groups in total. The summed E-state index contributed by atoms with van der Waals surface area (Å²) in [6, 6.07) is 7.07. The zero-order valence-corrected chi connectivity index (χ0v) is 18.7. The van der Waals surface area contributed by atoms with E-state index in [2.05, 4.69) is 4.74 Å². The number of aromatic hydroxyl groups is 1. The van der Waals surface area contributed by atoms with E-state index in [9.17, 15) is 33.0 Å². The van der Waals surface area contributed by atoms with Crippen LogP contribution in [-0.2, 0) is 4.79 Å². The van der Waals surface area contributed by atoms with Gasteiger partial charge in [-0.25, -0.2) is 0 Å². The second-order valence-electron chi connectivity index (χ2n) is 7.73. The first-order valence-corrected chi connectivity index (χ1v) is 10.4. The largest absolute Gasteiger partial charge is 0.573 e. The van der Waals surface area contributed by atoms with Crippen LogP contribution in [0.1, 0.15) is 47.8 Å². The van der Waals surface area contributed by atoms with Gasteiger partial charge in [-0.15, -0.1) is 13.2 Å². The minimum atomic E-state index is -4.87. The van der Waals surface area contributed by atoms with E-state index in [0.717, 1.165) is 12.1 Å². The van der Waals surface area contributed by atoms with Gasteiger partial charge in [0.2, 0.25) is 0 Å². The first-order chi connectivity index (χ1) is 15.4. The molecule has 1 unspecified atom stereocenters. The van der Waals surface area contributed by atoms with Crippen LogP contribution in [0.5, 0.6) is 11.5 Å². The van der Waals surface area contributed by atoms with Crippen molar-refractivity contribution in [1.82, 2.24) is 4.57 Å². The van der Waals surface area contributed by atoms with E-state index in [1.807, 2.05) is 6.92 Å². The smallest absolute Gasteiger partial charge is 0.506 e. The van der Waals surface area contributed by atoms with Crippen LogP contribution in [0.4, 0.5) is 13.2 Å². The number of aliphatic carboxylic acids is 1. The first-order valence-electron chi connectivity index (χ1n) is 10.0. The Morgan fingerprint density at radius 3 is 2.30 bits per heavy atom. The molecule has 3 rings (SSSR count). The number of benzene rings is 2. The Kier molecular flexibility index (Phi) is 6.65. The van der Waals surface area contributed by atoms with Crippen molar-refractivity contribution in [2.24, 2.45) is 5.92 Å². The van der Waals surface area contributed by atoms with Crippen LogP contribution in [0, 0.1) is 12.8 Å². The predicted octanol–water partition coefficient (Wildman–Crippen LogP) is 6.11. The number of phenols is 1. The van der Waals surface area contributed by atoms with E-state index in [4.69, 9.17) is 11.6 Å². The van der Waals surface area contributed by atoms with Gasteiger partial charge in [0.05, 0.1) is 16.5 Å². The summed E-state index contributed by atoms with van der Waals surface area (Å²) in [5, 5.41) is 20.4. The molecule has 0 saturated heterocycles. The monoisotopic (exact) mass is 483 g/mol. The Morgan fingerprint density at radius 2 is 1.79 bits per heavy atom. The van der Waals surface area contributed by atoms with E-state index in [1.165, 1.54) is 28.8 Å². The Labute approximate surface area is 192 Å². The molecule has 0 aliphatic heterocycles. The average molecular weight is 484 g/mol. The summed E-state index contributed by atoms with van der Waals surface area (Å²) in [7, 11) is 0. The van der Waals surface area contributed by atoms with Gasteiger partial charge < -0.3 is 14.9 Å². The molecule has 10 heteroatoms. The number of hydrogen-bond acceptors (Lipinski definition) is 4. The number of carboxylic acid groups (broad SMARTS) is 1. The fraction of sp³-hybridized carbons (Fsp3) is 0.304. The lowest BCUT2D eigenvalue weighted by Crippen LogP contribution is -2.21. The lowest BCUT2D eigenvalue weighted by atomic mass is 9.84. The third-order valence-corrected chi connectivity index (χ3v) is 5.95. The van der Waals surface area contributed by atoms with Gasteiger partial charge in [-0.1, -0.05) is 31.9 Å². The maximum absolute atomic E-state index is 13.4. The highest BCUT2D eigenvalue weighted by molar-refractivity contribution is 6.33. The zero-order chi connectivity index (χ0) is 24.7. The van der Waals surface area contributed by atoms with Gasteiger partial charge in [0.1, 0.15) is 11.5 Å². The minimum absolute atomic E-state index is 0.0371. The van der Waals surface area contributed by atoms with Crippen molar-refractivity contribution < 1.29 is 37.7 Å². The quantitative estimate of drug-likeness (QED) is 0.441. The standard InChI is InChI=1S/C23H21ClF3NO5/c1-4-11(2)19(22(31)32)20-12(3)28(17-10-16(24)18(29)9-15(17)20)21(30)13-5-7-14(8-6-13)33-23(25,26)27/h5-11,19,29H,4H2,1-3H3,(H,31,32)/t11?,19-/m1/s1. The average Bonchev–Trinajstić information content (AvgIpc) is 2.98. The normalized spacial score (nSPS) is 13.7. The summed E-state index contributed by atoms with van der Waals surface area (Å²) in [5.74, 6) is -3.68. The molecule has 0 radical (unpaired) electrons. The number of aromatic nitrogens is 1. The molecular formula is C23H21ClF3NO5. The summed E-state index contributed by atoms with van der Waals surface area (Å²) in [4.78, 5) is 25.5. The molecule has 6 nitrogen and oxygen atoms in total. The first kappa shape index (κ1) is 24.4. The maximum Gasteiger partial charge on any atom is 0.573 e. The molecule has 176 valence electrons. The summed E-state index contributed by atoms with van der Waals surface area (Å²) in [5.41, 5.74) is 1.03. The molecule has 0 aliphatic rings. The molecule has 1 heterocycles. The Bertz CT molecular complexity index is 1220. The van der Waals surface area contributed by atoms with Crippen molar-refractivity contribution in [3.8, 4) is 11.5 Å². The highest BCUT2D eigenvalue weighted by Crippen LogP contribution is 2.41. The SMILES string of the molecule is CCC(C)[C@@H](C(=O)O)c1c(C)n(C(=O)c2ccc(OC(F)(F)F)cc2)c2cc(Cl)c(O)cc12. The van der Waals surface area contributed by atoms with E-state index >= 15 is 0 Å². The number of fused-ring (bicyclic) bond motifs is 1. The molecule has 0 fully saturated rings. The number of nitrogens with zero attached hydrogens (tertiary/aromatic N) is 1. The summed E-state index contributed by atoms with van der Waals surface area (Å²) < 4.78 is 42.4. The molecule has 33 heavy (non-hydrogen) atoms. The van der Waals surface area contributed by atoms with Crippen LogP contribution in [0.15, 0.2) is 36.4 Å². The highest BCUT2D eigenvalue weighted by atomic mass is 35.5. The number of phenolic OH excluding ortho intramolecular Hbond substituents is 1. The predicted molar refractivity (Wildman–Crippen MR) is 116 cm³/mol. The molecule has 2 aromatic carbocycles. The molecule has 0 saturated carbocycles. The Morgan fingerprint density at radius 1 is 1.18 bits per heavy atom. The number of hydrogen-bond donors (Lipinski definition) is 2. The number of alkyl halides is 3. The van der Waals surface area contributed by atoms with Crippen LogP contribution < -0.4 is 4.74 Å². The van der Waals surface area contributed by atoms with Gasteiger partial charge in [0.25, 0.3) is 5.91 Å². The van der Waals surface area contributed by atoms with E-state index in [0.29, 0.717) is 23.1 Å². The molecule has 0 amide bonds. The zero-order valence-electron chi connectivity index (χ0n) is 17.9. The van der Waals surface area contributed by atoms with Gasteiger partial charge in [0.15, 0.2) is 0 Å². The molecule has 2 atom stereocenters. The maximum atomic E-state index is 13.4. The molecule has 0 spiro atoms. The molecule has 0 bridgehead atoms. The lowest BCUT2D eigenvalue weighted by Gasteiger charge is -2.20. The number of ether oxygens (including phenoxy) is 1. The second kappa shape index (κ2) is 8.97. The van der Waals surface area contributed by atoms with Gasteiger partial charge in [-0.2, -0.15) is 0 Å². The lowest BCUT2D eigenvalue weighted by molar-refractivity contribution is -0.274. The van der Waals surface area contributed by atoms with Crippen LogP contribution in [0.3, 0.4) is 0 Å². The molecule has 1 aromatic heterocycles. The third-order valence-electron chi connectivity index (χ3n) is 5.65. The van der Waals surface area contributed by atoms with E-state index in [1.54, 1.807) is 13.8 Å². The molecule has 3 aromatic rings. The fourth-order valence-electron chi connectivity index (χ4n) is 3.92. The fourth-order valence-corrected chi connectivity index (χ4v) is 4.08. The van der Waals surface area contributed by atoms with Gasteiger partial charge in [-0.05, 0) is 54.8 Å². The number of carbonyl (C=O) groups excluding carboxylic acids is 1. The summed E-state index contributed by atoms with van der Waals surface area (Å²) >= 11 is 6.07. The number of carbonyl (C=O) groups is 2. The van der Waals surface area contributed by atoms with Crippen LogP contribution in [0.2, 0.25) is 5.02 Å². The topological polar surface area (TPSA) is 88.8 Å².